The number of amides is 1. The highest BCUT2D eigenvalue weighted by Crippen LogP contribution is 2.20. The van der Waals surface area contributed by atoms with Crippen LogP contribution >= 0.6 is 12.4 Å². The lowest BCUT2D eigenvalue weighted by Crippen LogP contribution is -2.44. The molecular formula is C13H27ClN2O2. The van der Waals surface area contributed by atoms with Crippen LogP contribution in [0.15, 0.2) is 0 Å². The summed E-state index contributed by atoms with van der Waals surface area (Å²) in [4.78, 5) is 14.0. The van der Waals surface area contributed by atoms with Gasteiger partial charge in [0.2, 0.25) is 5.91 Å². The molecule has 0 aliphatic carbocycles. The van der Waals surface area contributed by atoms with E-state index in [0.29, 0.717) is 13.2 Å². The largest absolute Gasteiger partial charge is 0.383 e. The van der Waals surface area contributed by atoms with Crippen LogP contribution in [-0.2, 0) is 9.53 Å². The molecule has 1 amide bonds. The van der Waals surface area contributed by atoms with Crippen LogP contribution in [0.25, 0.3) is 0 Å². The topological polar surface area (TPSA) is 41.6 Å². The quantitative estimate of drug-likeness (QED) is 0.721. The Morgan fingerprint density at radius 1 is 1.50 bits per heavy atom. The van der Waals surface area contributed by atoms with Crippen molar-refractivity contribution in [3.8, 4) is 0 Å². The maximum Gasteiger partial charge on any atom is 0.236 e. The highest BCUT2D eigenvalue weighted by Gasteiger charge is 2.22. The molecule has 0 spiro atoms. The third-order valence-corrected chi connectivity index (χ3v) is 3.33. The third kappa shape index (κ3) is 6.57. The zero-order chi connectivity index (χ0) is 12.5. The molecule has 0 aromatic rings. The lowest BCUT2D eigenvalue weighted by molar-refractivity contribution is -0.132. The summed E-state index contributed by atoms with van der Waals surface area (Å²) in [6, 6.07) is 0. The number of methoxy groups -OCH3 is 1. The number of piperidine rings is 1. The van der Waals surface area contributed by atoms with Crippen LogP contribution < -0.4 is 5.32 Å². The fourth-order valence-corrected chi connectivity index (χ4v) is 2.42. The van der Waals surface area contributed by atoms with Gasteiger partial charge in [-0.25, -0.2) is 0 Å². The average molecular weight is 279 g/mol. The summed E-state index contributed by atoms with van der Waals surface area (Å²) in [5, 5.41) is 3.11. The molecular weight excluding hydrogens is 252 g/mol. The minimum atomic E-state index is 0. The van der Waals surface area contributed by atoms with E-state index in [1.807, 2.05) is 4.90 Å². The van der Waals surface area contributed by atoms with Crippen molar-refractivity contribution in [2.45, 2.75) is 32.6 Å². The Bertz CT molecular complexity index is 225. The molecule has 0 bridgehead atoms. The van der Waals surface area contributed by atoms with Crippen LogP contribution in [-0.4, -0.2) is 50.7 Å². The van der Waals surface area contributed by atoms with E-state index in [2.05, 4.69) is 12.2 Å². The van der Waals surface area contributed by atoms with Crippen molar-refractivity contribution in [3.05, 3.63) is 0 Å². The molecule has 18 heavy (non-hydrogen) atoms. The van der Waals surface area contributed by atoms with Crippen LogP contribution in [0.4, 0.5) is 0 Å². The zero-order valence-electron chi connectivity index (χ0n) is 11.6. The van der Waals surface area contributed by atoms with Crippen molar-refractivity contribution in [3.63, 3.8) is 0 Å². The van der Waals surface area contributed by atoms with Crippen molar-refractivity contribution >= 4 is 18.3 Å². The average Bonchev–Trinajstić information content (AvgIpc) is 2.35. The first-order chi connectivity index (χ1) is 8.27. The molecule has 4 nitrogen and oxygen atoms in total. The lowest BCUT2D eigenvalue weighted by Gasteiger charge is -2.32. The lowest BCUT2D eigenvalue weighted by atomic mass is 9.94. The van der Waals surface area contributed by atoms with Crippen LogP contribution in [0.2, 0.25) is 0 Å². The normalized spacial score (nSPS) is 19.4. The van der Waals surface area contributed by atoms with E-state index < -0.39 is 0 Å². The number of hydrogen-bond donors (Lipinski definition) is 1. The van der Waals surface area contributed by atoms with E-state index in [-0.39, 0.29) is 18.3 Å². The van der Waals surface area contributed by atoms with Gasteiger partial charge < -0.3 is 15.0 Å². The molecule has 0 aromatic heterocycles. The molecule has 0 aromatic carbocycles. The Labute approximate surface area is 117 Å². The summed E-state index contributed by atoms with van der Waals surface area (Å²) in [6.07, 6.45) is 4.92. The minimum Gasteiger partial charge on any atom is -0.383 e. The monoisotopic (exact) mass is 278 g/mol. The van der Waals surface area contributed by atoms with Gasteiger partial charge in [0, 0.05) is 26.7 Å². The van der Waals surface area contributed by atoms with Gasteiger partial charge >= 0.3 is 0 Å². The zero-order valence-corrected chi connectivity index (χ0v) is 12.4. The van der Waals surface area contributed by atoms with E-state index in [1.54, 1.807) is 7.11 Å². The molecule has 5 heteroatoms. The first-order valence-electron chi connectivity index (χ1n) is 6.75. The van der Waals surface area contributed by atoms with Crippen LogP contribution in [0.3, 0.4) is 0 Å². The molecule has 1 heterocycles. The van der Waals surface area contributed by atoms with E-state index in [0.717, 1.165) is 32.0 Å². The highest BCUT2D eigenvalue weighted by molar-refractivity contribution is 5.85. The van der Waals surface area contributed by atoms with Crippen LogP contribution in [0.5, 0.6) is 0 Å². The van der Waals surface area contributed by atoms with Gasteiger partial charge in [0.15, 0.2) is 0 Å². The molecule has 1 aliphatic rings. The van der Waals surface area contributed by atoms with Crippen LogP contribution in [0, 0.1) is 5.92 Å². The summed E-state index contributed by atoms with van der Waals surface area (Å²) < 4.78 is 4.93. The molecule has 1 saturated heterocycles. The number of hydrogen-bond acceptors (Lipinski definition) is 3. The second-order valence-electron chi connectivity index (χ2n) is 4.81. The Hall–Kier alpha value is -0.320. The summed E-state index contributed by atoms with van der Waals surface area (Å²) in [7, 11) is 1.67. The van der Waals surface area contributed by atoms with Crippen LogP contribution in [0.1, 0.15) is 32.6 Å². The first kappa shape index (κ1) is 17.7. The van der Waals surface area contributed by atoms with Gasteiger partial charge in [-0.05, 0) is 25.2 Å². The Kier molecular flexibility index (Phi) is 10.4. The number of ether oxygens (including phenoxy) is 1. The highest BCUT2D eigenvalue weighted by atomic mass is 35.5. The standard InChI is InChI=1S/C13H26N2O2.ClH/c1-3-5-12-6-4-8-15(11-12)13(16)10-14-7-9-17-2;/h12,14H,3-11H2,1-2H3;1H. The van der Waals surface area contributed by atoms with Gasteiger partial charge in [0.05, 0.1) is 13.2 Å². The Morgan fingerprint density at radius 2 is 2.28 bits per heavy atom. The van der Waals surface area contributed by atoms with E-state index in [9.17, 15) is 4.79 Å². The molecule has 0 saturated carbocycles. The summed E-state index contributed by atoms with van der Waals surface area (Å²) >= 11 is 0. The van der Waals surface area contributed by atoms with Gasteiger partial charge in [-0.2, -0.15) is 0 Å². The molecule has 1 unspecified atom stereocenters. The number of rotatable bonds is 7. The van der Waals surface area contributed by atoms with E-state index in [1.165, 1.54) is 19.3 Å². The van der Waals surface area contributed by atoms with Gasteiger partial charge in [-0.1, -0.05) is 13.3 Å². The Morgan fingerprint density at radius 3 is 2.94 bits per heavy atom. The minimum absolute atomic E-state index is 0. The van der Waals surface area contributed by atoms with Crippen molar-refractivity contribution < 1.29 is 9.53 Å². The molecule has 1 rings (SSSR count). The fourth-order valence-electron chi connectivity index (χ4n) is 2.42. The van der Waals surface area contributed by atoms with Gasteiger partial charge in [0.25, 0.3) is 0 Å². The van der Waals surface area contributed by atoms with Gasteiger partial charge in [0.1, 0.15) is 0 Å². The summed E-state index contributed by atoms with van der Waals surface area (Å²) in [6.45, 7) is 5.96. The van der Waals surface area contributed by atoms with E-state index in [4.69, 9.17) is 4.74 Å². The fraction of sp³-hybridized carbons (Fsp3) is 0.923. The second-order valence-corrected chi connectivity index (χ2v) is 4.81. The summed E-state index contributed by atoms with van der Waals surface area (Å²) in [5.74, 6) is 0.957. The number of likely N-dealkylation sites (tertiary alicyclic amines) is 1. The maximum atomic E-state index is 11.9. The predicted octanol–water partition coefficient (Wildman–Crippen LogP) is 1.68. The Balaban J connectivity index is 0.00000289. The number of halogens is 1. The molecule has 0 radical (unpaired) electrons. The van der Waals surface area contributed by atoms with Gasteiger partial charge in [-0.15, -0.1) is 12.4 Å². The molecule has 1 aliphatic heterocycles. The van der Waals surface area contributed by atoms with Crippen molar-refractivity contribution in [1.82, 2.24) is 10.2 Å². The van der Waals surface area contributed by atoms with Crippen molar-refractivity contribution in [1.29, 1.82) is 0 Å². The number of nitrogens with zero attached hydrogens (tertiary/aromatic N) is 1. The first-order valence-corrected chi connectivity index (χ1v) is 6.75. The predicted molar refractivity (Wildman–Crippen MR) is 76.2 cm³/mol. The SMILES string of the molecule is CCCC1CCCN(C(=O)CNCCOC)C1.Cl. The molecule has 108 valence electrons. The second kappa shape index (κ2) is 10.6. The maximum absolute atomic E-state index is 11.9. The molecule has 1 N–H and O–H groups in total. The molecule has 1 atom stereocenters. The number of carbonyl (C=O) groups excluding carboxylic acids is 1. The smallest absolute Gasteiger partial charge is 0.236 e. The van der Waals surface area contributed by atoms with Crippen molar-refractivity contribution in [2.75, 3.05) is 39.9 Å². The number of nitrogens with one attached hydrogen (secondary N) is 1. The molecule has 1 fully saturated rings. The van der Waals surface area contributed by atoms with Crippen molar-refractivity contribution in [2.24, 2.45) is 5.92 Å². The van der Waals surface area contributed by atoms with E-state index >= 15 is 0 Å². The third-order valence-electron chi connectivity index (χ3n) is 3.33. The van der Waals surface area contributed by atoms with Gasteiger partial charge in [-0.3, -0.25) is 4.79 Å². The summed E-state index contributed by atoms with van der Waals surface area (Å²) in [5.41, 5.74) is 0. The number of carbonyl (C=O) groups is 1.